The van der Waals surface area contributed by atoms with Crippen molar-refractivity contribution in [3.05, 3.63) is 126 Å². The Bertz CT molecular complexity index is 1840. The van der Waals surface area contributed by atoms with E-state index in [9.17, 15) is 0 Å². The third-order valence-corrected chi connectivity index (χ3v) is 21.3. The molecule has 0 saturated carbocycles. The van der Waals surface area contributed by atoms with Crippen LogP contribution in [0, 0.1) is 5.92 Å². The summed E-state index contributed by atoms with van der Waals surface area (Å²) in [6.45, 7) is 26.8. The molecule has 0 fully saturated rings. The molecule has 1 atom stereocenters. The van der Waals surface area contributed by atoms with Gasteiger partial charge in [0.1, 0.15) is 0 Å². The summed E-state index contributed by atoms with van der Waals surface area (Å²) in [4.78, 5) is 0. The van der Waals surface area contributed by atoms with Gasteiger partial charge in [0.25, 0.3) is 0 Å². The van der Waals surface area contributed by atoms with Gasteiger partial charge in [-0.15, -0.1) is 0 Å². The largest absolute Gasteiger partial charge is 1.00 e. The molecule has 0 spiro atoms. The van der Waals surface area contributed by atoms with Gasteiger partial charge in [-0.25, -0.2) is 0 Å². The van der Waals surface area contributed by atoms with E-state index in [1.165, 1.54) is 50.1 Å². The minimum Gasteiger partial charge on any atom is -1.00 e. The molecule has 4 aliphatic rings. The molecule has 0 radical (unpaired) electrons. The topological polar surface area (TPSA) is 0 Å². The van der Waals surface area contributed by atoms with Crippen molar-refractivity contribution < 1.29 is 46.1 Å². The van der Waals surface area contributed by atoms with Crippen LogP contribution < -0.4 is 24.8 Å². The first-order chi connectivity index (χ1) is 20.6. The third-order valence-electron chi connectivity index (χ3n) is 10.9. The molecule has 3 aromatic carbocycles. The van der Waals surface area contributed by atoms with E-state index in [0.29, 0.717) is 9.54 Å². The second kappa shape index (κ2) is 11.9. The molecule has 0 nitrogen and oxygen atoms in total. The zero-order valence-electron chi connectivity index (χ0n) is 29.4. The van der Waals surface area contributed by atoms with Crippen molar-refractivity contribution >= 4 is 22.9 Å². The number of halogens is 2. The summed E-state index contributed by atoms with van der Waals surface area (Å²) in [6, 6.07) is 21.8. The van der Waals surface area contributed by atoms with Gasteiger partial charge in [-0.2, -0.15) is 0 Å². The van der Waals surface area contributed by atoms with Crippen LogP contribution >= 0.6 is 0 Å². The number of benzene rings is 3. The van der Waals surface area contributed by atoms with E-state index in [4.69, 9.17) is 0 Å². The molecule has 0 amide bonds. The molecule has 7 rings (SSSR count). The Kier molecular flexibility index (Phi) is 9.21. The van der Waals surface area contributed by atoms with Gasteiger partial charge < -0.3 is 24.8 Å². The van der Waals surface area contributed by atoms with Crippen molar-refractivity contribution in [1.29, 1.82) is 0 Å². The minimum atomic E-state index is -2.58. The molecule has 4 heteroatoms. The van der Waals surface area contributed by atoms with Crippen LogP contribution in [0.2, 0.25) is 19.6 Å². The molecule has 46 heavy (non-hydrogen) atoms. The fourth-order valence-electron chi connectivity index (χ4n) is 9.07. The summed E-state index contributed by atoms with van der Waals surface area (Å²) in [5.41, 5.74) is 18.2. The van der Waals surface area contributed by atoms with E-state index < -0.39 is 29.3 Å². The first-order valence-corrected chi connectivity index (χ1v) is 24.1. The van der Waals surface area contributed by atoms with E-state index in [-0.39, 0.29) is 35.6 Å². The molecule has 238 valence electrons. The Morgan fingerprint density at radius 2 is 1.17 bits per heavy atom. The maximum absolute atomic E-state index is 2.81. The first-order valence-electron chi connectivity index (χ1n) is 16.6. The molecule has 0 saturated heterocycles. The second-order valence-corrected chi connectivity index (χ2v) is 26.9. The Balaban J connectivity index is 0.00000208. The Labute approximate surface area is 299 Å². The number of hydrogen-bond acceptors (Lipinski definition) is 0. The van der Waals surface area contributed by atoms with Crippen molar-refractivity contribution in [3.63, 3.8) is 0 Å². The van der Waals surface area contributed by atoms with Crippen LogP contribution in [0.25, 0.3) is 22.3 Å². The fraction of sp³-hybridized carbons (Fsp3) is 0.357. The number of hydrogen-bond donors (Lipinski definition) is 0. The minimum absolute atomic E-state index is 0. The van der Waals surface area contributed by atoms with Crippen molar-refractivity contribution in [2.45, 2.75) is 89.5 Å². The Hall–Kier alpha value is -1.83. The number of allylic oxidation sites excluding steroid dienone is 8. The molecular weight excluding hydrogens is 695 g/mol. The Morgan fingerprint density at radius 1 is 0.696 bits per heavy atom. The SMILES string of the molecule is CC1=CC(C)(C)c2cc3c(cc21)-c1cc2c(cc1[CH]3/[Zr+2](=[CH]/c1ccccc1)[C]1=C(C)C([Si](C)(C)C)=CC1C)C(C)(C)C=C2C.[Cl-].[Cl-]. The summed E-state index contributed by atoms with van der Waals surface area (Å²) < 4.78 is 5.10. The van der Waals surface area contributed by atoms with E-state index in [0.717, 1.165) is 0 Å². The monoisotopic (exact) mass is 740 g/mol. The summed E-state index contributed by atoms with van der Waals surface area (Å²) >= 11 is -2.58. The summed E-state index contributed by atoms with van der Waals surface area (Å²) in [7, 11) is -1.47. The molecule has 3 aromatic rings. The Morgan fingerprint density at radius 3 is 1.61 bits per heavy atom. The third kappa shape index (κ3) is 5.48. The molecule has 0 aromatic heterocycles. The predicted molar refractivity (Wildman–Crippen MR) is 192 cm³/mol. The van der Waals surface area contributed by atoms with Gasteiger partial charge in [0.15, 0.2) is 0 Å². The smallest absolute Gasteiger partial charge is 1.00 e. The number of fused-ring (bicyclic) bond motifs is 5. The average Bonchev–Trinajstić information content (AvgIpc) is 3.57. The molecule has 0 heterocycles. The molecule has 0 N–H and O–H groups in total. The second-order valence-electron chi connectivity index (χ2n) is 16.2. The number of rotatable bonds is 4. The van der Waals surface area contributed by atoms with Gasteiger partial charge in [-0.05, 0) is 0 Å². The predicted octanol–water partition coefficient (Wildman–Crippen LogP) is 5.35. The van der Waals surface area contributed by atoms with Crippen LogP contribution in [0.15, 0.2) is 86.9 Å². The van der Waals surface area contributed by atoms with Crippen LogP contribution in [0.3, 0.4) is 0 Å². The van der Waals surface area contributed by atoms with Gasteiger partial charge >= 0.3 is 277 Å². The molecule has 1 unspecified atom stereocenters. The van der Waals surface area contributed by atoms with E-state index in [2.05, 4.69) is 152 Å². The quantitative estimate of drug-likeness (QED) is 0.317. The standard InChI is InChI=1S/C25H25.C10H17Si.C7H6.2ClH.Zr/c1-14-12-24(3,4)22-8-16-7-17-9-23-19(15(2)13-25(23,5)6)11-21(17)20(16)10-18(14)22;1-8-6-9(2)10(7-8)11(3,4)5;1-7-5-3-2-4-6-7;;;/h7-13H,1-6H3;7-8H,1-5H3;1-6H;2*1H;/q;;;;;+2/p-2. The van der Waals surface area contributed by atoms with Crippen LogP contribution in [0.5, 0.6) is 0 Å². The van der Waals surface area contributed by atoms with Gasteiger partial charge in [0.2, 0.25) is 0 Å². The zero-order valence-corrected chi connectivity index (χ0v) is 34.4. The van der Waals surface area contributed by atoms with Crippen LogP contribution in [-0.2, 0) is 32.1 Å². The van der Waals surface area contributed by atoms with Crippen molar-refractivity contribution in [2.24, 2.45) is 5.92 Å². The van der Waals surface area contributed by atoms with Gasteiger partial charge in [-0.1, -0.05) is 0 Å². The van der Waals surface area contributed by atoms with Crippen LogP contribution in [-0.4, -0.2) is 11.8 Å². The van der Waals surface area contributed by atoms with Crippen molar-refractivity contribution in [2.75, 3.05) is 0 Å². The summed E-state index contributed by atoms with van der Waals surface area (Å²) in [5, 5.41) is 1.70. The molecule has 0 aliphatic heterocycles. The normalized spacial score (nSPS) is 20.2. The molecule has 4 aliphatic carbocycles. The first kappa shape index (κ1) is 35.5. The van der Waals surface area contributed by atoms with E-state index in [1.54, 1.807) is 21.9 Å². The fourth-order valence-corrected chi connectivity index (χ4v) is 20.0. The van der Waals surface area contributed by atoms with Gasteiger partial charge in [0.05, 0.1) is 0 Å². The maximum atomic E-state index is 2.81. The maximum Gasteiger partial charge on any atom is -1.00 e. The van der Waals surface area contributed by atoms with Crippen LogP contribution in [0.4, 0.5) is 0 Å². The average molecular weight is 743 g/mol. The van der Waals surface area contributed by atoms with Gasteiger partial charge in [0, 0.05) is 0 Å². The summed E-state index contributed by atoms with van der Waals surface area (Å²) in [6.07, 6.45) is 7.66. The van der Waals surface area contributed by atoms with Crippen LogP contribution in [0.1, 0.15) is 98.0 Å². The van der Waals surface area contributed by atoms with Crippen molar-refractivity contribution in [1.82, 2.24) is 0 Å². The van der Waals surface area contributed by atoms with Gasteiger partial charge in [-0.3, -0.25) is 0 Å². The summed E-state index contributed by atoms with van der Waals surface area (Å²) in [5.74, 6) is 0.517. The van der Waals surface area contributed by atoms with Crippen molar-refractivity contribution in [3.8, 4) is 11.1 Å². The zero-order chi connectivity index (χ0) is 31.5. The van der Waals surface area contributed by atoms with E-state index in [1.807, 2.05) is 3.28 Å². The molecule has 0 bridgehead atoms. The molecular formula is C42H48Cl2SiZr. The van der Waals surface area contributed by atoms with E-state index >= 15 is 0 Å².